The second-order valence-corrected chi connectivity index (χ2v) is 11.3. The van der Waals surface area contributed by atoms with E-state index in [9.17, 15) is 0 Å². The lowest BCUT2D eigenvalue weighted by atomic mass is 9.79. The highest BCUT2D eigenvalue weighted by Crippen LogP contribution is 2.31. The molecule has 2 heterocycles. The number of nitrogens with one attached hydrogen (secondary N) is 3. The molecule has 0 bridgehead atoms. The fraction of sp³-hybridized carbons (Fsp3) is 0.433. The second-order valence-electron chi connectivity index (χ2n) is 11.3. The van der Waals surface area contributed by atoms with Gasteiger partial charge in [0.15, 0.2) is 0 Å². The van der Waals surface area contributed by atoms with Crippen LogP contribution in [0.1, 0.15) is 58.9 Å². The lowest BCUT2D eigenvalue weighted by molar-refractivity contribution is 0.114. The van der Waals surface area contributed by atoms with Crippen LogP contribution in [-0.2, 0) is 0 Å². The molecule has 4 rings (SSSR count). The molecule has 2 aliphatic rings. The molecule has 1 aliphatic carbocycles. The number of fused-ring (bicyclic) bond motifs is 1. The summed E-state index contributed by atoms with van der Waals surface area (Å²) in [5.74, 6) is 0.994. The monoisotopic (exact) mass is 485 g/mol. The quantitative estimate of drug-likeness (QED) is 0.330. The molecule has 190 valence electrons. The Morgan fingerprint density at radius 2 is 1.86 bits per heavy atom. The molecule has 0 saturated carbocycles. The first kappa shape index (κ1) is 25.8. The molecule has 0 radical (unpaired) electrons. The number of nitrogens with zero attached hydrogens (tertiary/aromatic N) is 2. The van der Waals surface area contributed by atoms with E-state index in [0.717, 1.165) is 47.6 Å². The topological polar surface area (TPSA) is 85.1 Å². The zero-order valence-electron chi connectivity index (χ0n) is 22.2. The highest BCUT2D eigenvalue weighted by Gasteiger charge is 2.39. The summed E-state index contributed by atoms with van der Waals surface area (Å²) < 4.78 is 6.06. The van der Waals surface area contributed by atoms with Crippen molar-refractivity contribution < 1.29 is 4.74 Å². The van der Waals surface area contributed by atoms with E-state index in [2.05, 4.69) is 56.2 Å². The van der Waals surface area contributed by atoms with E-state index in [1.54, 1.807) is 18.3 Å². The van der Waals surface area contributed by atoms with Crippen LogP contribution in [0.25, 0.3) is 10.8 Å². The number of pyridine rings is 1. The van der Waals surface area contributed by atoms with Gasteiger partial charge in [-0.1, -0.05) is 30.4 Å². The maximum absolute atomic E-state index is 8.65. The SMILES string of the molecule is CN(C(=N)/C=C\C(=N)c1ccc2ccnc(OCC3=CCCC=C3)c2c1)C1CC(C)(C)NC(C)(C)C1. The van der Waals surface area contributed by atoms with Gasteiger partial charge in [0, 0.05) is 41.3 Å². The van der Waals surface area contributed by atoms with Crippen LogP contribution in [-0.4, -0.2) is 52.2 Å². The number of ether oxygens (including phenoxy) is 1. The zero-order valence-corrected chi connectivity index (χ0v) is 22.2. The third-order valence-corrected chi connectivity index (χ3v) is 6.99. The fourth-order valence-electron chi connectivity index (χ4n) is 5.47. The average Bonchev–Trinajstić information content (AvgIpc) is 2.83. The number of likely N-dealkylation sites (N-methyl/N-ethyl adjacent to an activating group) is 1. The van der Waals surface area contributed by atoms with Gasteiger partial charge >= 0.3 is 0 Å². The van der Waals surface area contributed by atoms with E-state index in [1.165, 1.54) is 0 Å². The number of amidine groups is 1. The molecule has 2 aromatic rings. The Morgan fingerprint density at radius 3 is 2.56 bits per heavy atom. The van der Waals surface area contributed by atoms with Gasteiger partial charge in [0.1, 0.15) is 12.4 Å². The minimum atomic E-state index is 0.0140. The van der Waals surface area contributed by atoms with Crippen LogP contribution in [0.2, 0.25) is 0 Å². The summed E-state index contributed by atoms with van der Waals surface area (Å²) in [6.45, 7) is 9.37. The lowest BCUT2D eigenvalue weighted by Crippen LogP contribution is -2.62. The van der Waals surface area contributed by atoms with Crippen molar-refractivity contribution in [3.05, 3.63) is 72.0 Å². The van der Waals surface area contributed by atoms with Gasteiger partial charge in [0.05, 0.1) is 5.71 Å². The predicted molar refractivity (Wildman–Crippen MR) is 149 cm³/mol. The molecule has 1 aliphatic heterocycles. The first-order valence-corrected chi connectivity index (χ1v) is 12.8. The normalized spacial score (nSPS) is 19.3. The van der Waals surface area contributed by atoms with Crippen molar-refractivity contribution in [3.8, 4) is 5.88 Å². The number of rotatable bonds is 7. The van der Waals surface area contributed by atoms with Crippen molar-refractivity contribution in [1.29, 1.82) is 10.8 Å². The molecular weight excluding hydrogens is 446 g/mol. The molecule has 1 aromatic carbocycles. The Kier molecular flexibility index (Phi) is 7.46. The summed E-state index contributed by atoms with van der Waals surface area (Å²) in [5.41, 5.74) is 2.32. The van der Waals surface area contributed by atoms with Crippen LogP contribution in [0.5, 0.6) is 5.88 Å². The van der Waals surface area contributed by atoms with Crippen LogP contribution < -0.4 is 10.1 Å². The fourth-order valence-corrected chi connectivity index (χ4v) is 5.47. The molecule has 0 amide bonds. The number of hydrogen-bond donors (Lipinski definition) is 3. The van der Waals surface area contributed by atoms with Crippen LogP contribution in [0.4, 0.5) is 0 Å². The minimum absolute atomic E-state index is 0.0140. The van der Waals surface area contributed by atoms with E-state index in [1.807, 2.05) is 36.2 Å². The van der Waals surface area contributed by atoms with Gasteiger partial charge in [-0.15, -0.1) is 0 Å². The van der Waals surface area contributed by atoms with Crippen LogP contribution in [0, 0.1) is 10.8 Å². The molecule has 6 heteroatoms. The van der Waals surface area contributed by atoms with Gasteiger partial charge in [-0.3, -0.25) is 5.41 Å². The third-order valence-electron chi connectivity index (χ3n) is 6.99. The van der Waals surface area contributed by atoms with Crippen molar-refractivity contribution in [3.63, 3.8) is 0 Å². The molecule has 0 unspecified atom stereocenters. The molecular formula is C30H39N5O. The van der Waals surface area contributed by atoms with Crippen molar-refractivity contribution >= 4 is 22.3 Å². The molecule has 1 saturated heterocycles. The van der Waals surface area contributed by atoms with E-state index in [0.29, 0.717) is 24.0 Å². The van der Waals surface area contributed by atoms with Gasteiger partial charge < -0.3 is 20.4 Å². The van der Waals surface area contributed by atoms with Crippen LogP contribution >= 0.6 is 0 Å². The number of allylic oxidation sites excluding steroid dienone is 3. The van der Waals surface area contributed by atoms with E-state index < -0.39 is 0 Å². The molecule has 1 aromatic heterocycles. The average molecular weight is 486 g/mol. The first-order chi connectivity index (χ1) is 17.0. The van der Waals surface area contributed by atoms with Crippen molar-refractivity contribution in [2.24, 2.45) is 0 Å². The molecule has 1 fully saturated rings. The Bertz CT molecular complexity index is 1220. The molecule has 0 atom stereocenters. The Hall–Kier alpha value is -3.25. The smallest absolute Gasteiger partial charge is 0.221 e. The largest absolute Gasteiger partial charge is 0.472 e. The summed E-state index contributed by atoms with van der Waals surface area (Å²) >= 11 is 0. The number of aromatic nitrogens is 1. The summed E-state index contributed by atoms with van der Waals surface area (Å²) in [4.78, 5) is 6.50. The van der Waals surface area contributed by atoms with Crippen molar-refractivity contribution in [1.82, 2.24) is 15.2 Å². The minimum Gasteiger partial charge on any atom is -0.472 e. The zero-order chi connectivity index (χ0) is 25.9. The number of benzene rings is 1. The van der Waals surface area contributed by atoms with Gasteiger partial charge in [-0.05, 0) is 88.6 Å². The number of hydrogen-bond acceptors (Lipinski definition) is 5. The maximum Gasteiger partial charge on any atom is 0.221 e. The van der Waals surface area contributed by atoms with Gasteiger partial charge in [0.25, 0.3) is 0 Å². The van der Waals surface area contributed by atoms with E-state index in [-0.39, 0.29) is 17.1 Å². The predicted octanol–water partition coefficient (Wildman–Crippen LogP) is 6.03. The molecule has 36 heavy (non-hydrogen) atoms. The summed E-state index contributed by atoms with van der Waals surface area (Å²) in [7, 11) is 1.99. The van der Waals surface area contributed by atoms with Gasteiger partial charge in [0.2, 0.25) is 5.88 Å². The van der Waals surface area contributed by atoms with Gasteiger partial charge in [-0.2, -0.15) is 0 Å². The maximum atomic E-state index is 8.65. The highest BCUT2D eigenvalue weighted by atomic mass is 16.5. The van der Waals surface area contributed by atoms with Crippen LogP contribution in [0.3, 0.4) is 0 Å². The van der Waals surface area contributed by atoms with E-state index in [4.69, 9.17) is 15.6 Å². The third kappa shape index (κ3) is 6.30. The second kappa shape index (κ2) is 10.4. The van der Waals surface area contributed by atoms with Gasteiger partial charge in [-0.25, -0.2) is 4.98 Å². The summed E-state index contributed by atoms with van der Waals surface area (Å²) in [6.07, 6.45) is 15.7. The van der Waals surface area contributed by atoms with Crippen molar-refractivity contribution in [2.45, 2.75) is 70.5 Å². The molecule has 0 spiro atoms. The summed E-state index contributed by atoms with van der Waals surface area (Å²) in [5, 5.41) is 22.9. The summed E-state index contributed by atoms with van der Waals surface area (Å²) in [6, 6.07) is 8.12. The Morgan fingerprint density at radius 1 is 1.11 bits per heavy atom. The highest BCUT2D eigenvalue weighted by molar-refractivity contribution is 6.11. The lowest BCUT2D eigenvalue weighted by Gasteiger charge is -2.49. The van der Waals surface area contributed by atoms with Crippen molar-refractivity contribution in [2.75, 3.05) is 13.7 Å². The Balaban J connectivity index is 1.46. The molecule has 6 nitrogen and oxygen atoms in total. The first-order valence-electron chi connectivity index (χ1n) is 12.8. The molecule has 3 N–H and O–H groups in total. The Labute approximate surface area is 215 Å². The standard InChI is InChI=1S/C30H39N5O/c1-29(2)18-24(19-30(3,4)34-29)35(5)27(32)14-13-26(31)23-12-11-22-15-16-33-28(25(22)17-23)36-20-21-9-7-6-8-10-21/h7,9-17,24,31-32,34H,6,8,18-20H2,1-5H3/b14-13-,31-26?,32-27?. The van der Waals surface area contributed by atoms with E-state index >= 15 is 0 Å². The number of piperidine rings is 1. The van der Waals surface area contributed by atoms with Crippen LogP contribution in [0.15, 0.2) is 66.4 Å².